The van der Waals surface area contributed by atoms with Gasteiger partial charge in [0.1, 0.15) is 0 Å². The average Bonchev–Trinajstić information content (AvgIpc) is 2.44. The van der Waals surface area contributed by atoms with Gasteiger partial charge in [-0.2, -0.15) is 0 Å². The summed E-state index contributed by atoms with van der Waals surface area (Å²) in [6.45, 7) is 7.87. The fourth-order valence-corrected chi connectivity index (χ4v) is 1.74. The smallest absolute Gasteiger partial charge is 0.243 e. The Bertz CT molecular complexity index is 481. The summed E-state index contributed by atoms with van der Waals surface area (Å²) in [5.74, 6) is -0.0879. The molecule has 0 radical (unpaired) electrons. The number of benzene rings is 1. The van der Waals surface area contributed by atoms with Gasteiger partial charge in [0, 0.05) is 5.69 Å². The van der Waals surface area contributed by atoms with Crippen molar-refractivity contribution in [2.24, 2.45) is 11.7 Å². The fraction of sp³-hybridized carbons (Fsp3) is 0.500. The Hall–Kier alpha value is -1.88. The van der Waals surface area contributed by atoms with E-state index >= 15 is 0 Å². The van der Waals surface area contributed by atoms with Crippen LogP contribution in [0, 0.1) is 5.92 Å². The van der Waals surface area contributed by atoms with Gasteiger partial charge < -0.3 is 16.4 Å². The molecule has 0 spiro atoms. The molecular weight excluding hydrogens is 266 g/mol. The summed E-state index contributed by atoms with van der Waals surface area (Å²) in [6.07, 6.45) is 0. The first-order chi connectivity index (χ1) is 9.81. The molecule has 21 heavy (non-hydrogen) atoms. The van der Waals surface area contributed by atoms with Crippen LogP contribution in [0.15, 0.2) is 24.3 Å². The Morgan fingerprint density at radius 3 is 2.14 bits per heavy atom. The SMILES string of the molecule is CC(C)c1ccc(NC(=O)CNC(=O)[C@@H](N)C(C)C)cc1. The molecule has 1 aromatic carbocycles. The van der Waals surface area contributed by atoms with Crippen LogP contribution in [0.5, 0.6) is 0 Å². The maximum Gasteiger partial charge on any atom is 0.243 e. The van der Waals surface area contributed by atoms with Crippen LogP contribution in [0.3, 0.4) is 0 Å². The first-order valence-electron chi connectivity index (χ1n) is 7.24. The Morgan fingerprint density at radius 2 is 1.67 bits per heavy atom. The lowest BCUT2D eigenvalue weighted by Gasteiger charge is -2.15. The van der Waals surface area contributed by atoms with Crippen molar-refractivity contribution >= 4 is 17.5 Å². The molecule has 0 bridgehead atoms. The van der Waals surface area contributed by atoms with E-state index in [0.717, 1.165) is 0 Å². The van der Waals surface area contributed by atoms with Crippen molar-refractivity contribution in [2.45, 2.75) is 39.7 Å². The zero-order valence-electron chi connectivity index (χ0n) is 13.1. The van der Waals surface area contributed by atoms with Gasteiger partial charge in [0.05, 0.1) is 12.6 Å². The molecule has 2 amide bonds. The highest BCUT2D eigenvalue weighted by molar-refractivity contribution is 5.95. The van der Waals surface area contributed by atoms with E-state index in [1.807, 2.05) is 38.1 Å². The molecule has 0 saturated carbocycles. The van der Waals surface area contributed by atoms with Gasteiger partial charge in [0.2, 0.25) is 11.8 Å². The zero-order chi connectivity index (χ0) is 16.0. The summed E-state index contributed by atoms with van der Waals surface area (Å²) < 4.78 is 0. The summed E-state index contributed by atoms with van der Waals surface area (Å²) in [5, 5.41) is 5.27. The van der Waals surface area contributed by atoms with Crippen molar-refractivity contribution in [1.29, 1.82) is 0 Å². The minimum atomic E-state index is -0.594. The minimum Gasteiger partial charge on any atom is -0.346 e. The monoisotopic (exact) mass is 291 g/mol. The van der Waals surface area contributed by atoms with Gasteiger partial charge in [0.25, 0.3) is 0 Å². The number of hydrogen-bond donors (Lipinski definition) is 3. The Labute approximate surface area is 126 Å². The number of anilines is 1. The van der Waals surface area contributed by atoms with E-state index in [9.17, 15) is 9.59 Å². The molecule has 4 N–H and O–H groups in total. The normalized spacial score (nSPS) is 12.3. The van der Waals surface area contributed by atoms with Crippen LogP contribution in [-0.4, -0.2) is 24.4 Å². The summed E-state index contributed by atoms with van der Waals surface area (Å²) >= 11 is 0. The predicted molar refractivity (Wildman–Crippen MR) is 85.0 cm³/mol. The summed E-state index contributed by atoms with van der Waals surface area (Å²) in [5.41, 5.74) is 7.63. The van der Waals surface area contributed by atoms with Crippen molar-refractivity contribution in [1.82, 2.24) is 5.32 Å². The van der Waals surface area contributed by atoms with Crippen LogP contribution >= 0.6 is 0 Å². The van der Waals surface area contributed by atoms with E-state index in [2.05, 4.69) is 24.5 Å². The zero-order valence-corrected chi connectivity index (χ0v) is 13.1. The van der Waals surface area contributed by atoms with E-state index in [1.165, 1.54) is 5.56 Å². The lowest BCUT2D eigenvalue weighted by atomic mass is 10.0. The van der Waals surface area contributed by atoms with Crippen LogP contribution in [-0.2, 0) is 9.59 Å². The largest absolute Gasteiger partial charge is 0.346 e. The molecule has 0 unspecified atom stereocenters. The van der Waals surface area contributed by atoms with Gasteiger partial charge in [-0.25, -0.2) is 0 Å². The molecule has 1 aromatic rings. The number of carbonyl (C=O) groups excluding carboxylic acids is 2. The molecule has 116 valence electrons. The highest BCUT2D eigenvalue weighted by Gasteiger charge is 2.17. The number of nitrogens with two attached hydrogens (primary N) is 1. The van der Waals surface area contributed by atoms with Crippen molar-refractivity contribution in [2.75, 3.05) is 11.9 Å². The van der Waals surface area contributed by atoms with Gasteiger partial charge in [-0.3, -0.25) is 9.59 Å². The molecule has 0 aromatic heterocycles. The van der Waals surface area contributed by atoms with Gasteiger partial charge in [0.15, 0.2) is 0 Å². The second kappa shape index (κ2) is 7.78. The molecule has 5 heteroatoms. The van der Waals surface area contributed by atoms with Gasteiger partial charge in [-0.15, -0.1) is 0 Å². The lowest BCUT2D eigenvalue weighted by molar-refractivity contribution is -0.125. The Balaban J connectivity index is 2.45. The molecule has 0 saturated heterocycles. The highest BCUT2D eigenvalue weighted by atomic mass is 16.2. The van der Waals surface area contributed by atoms with Gasteiger partial charge in [-0.05, 0) is 29.5 Å². The quantitative estimate of drug-likeness (QED) is 0.748. The molecule has 0 heterocycles. The summed E-state index contributed by atoms with van der Waals surface area (Å²) in [4.78, 5) is 23.4. The van der Waals surface area contributed by atoms with E-state index in [4.69, 9.17) is 5.73 Å². The van der Waals surface area contributed by atoms with E-state index < -0.39 is 6.04 Å². The van der Waals surface area contributed by atoms with Crippen LogP contribution in [0.25, 0.3) is 0 Å². The summed E-state index contributed by atoms with van der Waals surface area (Å²) in [7, 11) is 0. The minimum absolute atomic E-state index is 0.0386. The third-order valence-electron chi connectivity index (χ3n) is 3.31. The van der Waals surface area contributed by atoms with Crippen molar-refractivity contribution in [3.05, 3.63) is 29.8 Å². The van der Waals surface area contributed by atoms with Crippen LogP contribution < -0.4 is 16.4 Å². The van der Waals surface area contributed by atoms with Crippen LogP contribution in [0.1, 0.15) is 39.2 Å². The van der Waals surface area contributed by atoms with E-state index in [-0.39, 0.29) is 24.3 Å². The summed E-state index contributed by atoms with van der Waals surface area (Å²) in [6, 6.07) is 7.08. The standard InChI is InChI=1S/C16H25N3O2/c1-10(2)12-5-7-13(8-6-12)19-14(20)9-18-16(21)15(17)11(3)4/h5-8,10-11,15H,9,17H2,1-4H3,(H,18,21)(H,19,20)/t15-/m0/s1. The Kier molecular flexibility index (Phi) is 6.37. The predicted octanol–water partition coefficient (Wildman–Crippen LogP) is 1.85. The average molecular weight is 291 g/mol. The highest BCUT2D eigenvalue weighted by Crippen LogP contribution is 2.16. The van der Waals surface area contributed by atoms with Gasteiger partial charge >= 0.3 is 0 Å². The molecule has 0 fully saturated rings. The first-order valence-corrected chi connectivity index (χ1v) is 7.24. The molecule has 1 atom stereocenters. The number of rotatable bonds is 6. The number of carbonyl (C=O) groups is 2. The Morgan fingerprint density at radius 1 is 1.10 bits per heavy atom. The maximum absolute atomic E-state index is 11.8. The molecule has 1 rings (SSSR count). The maximum atomic E-state index is 11.8. The second-order valence-electron chi connectivity index (χ2n) is 5.81. The first kappa shape index (κ1) is 17.2. The van der Waals surface area contributed by atoms with Crippen molar-refractivity contribution in [3.63, 3.8) is 0 Å². The van der Waals surface area contributed by atoms with Gasteiger partial charge in [-0.1, -0.05) is 39.8 Å². The third kappa shape index (κ3) is 5.55. The topological polar surface area (TPSA) is 84.2 Å². The number of amides is 2. The van der Waals surface area contributed by atoms with Crippen molar-refractivity contribution < 1.29 is 9.59 Å². The van der Waals surface area contributed by atoms with Crippen molar-refractivity contribution in [3.8, 4) is 0 Å². The van der Waals surface area contributed by atoms with E-state index in [1.54, 1.807) is 0 Å². The fourth-order valence-electron chi connectivity index (χ4n) is 1.74. The van der Waals surface area contributed by atoms with E-state index in [0.29, 0.717) is 11.6 Å². The third-order valence-corrected chi connectivity index (χ3v) is 3.31. The van der Waals surface area contributed by atoms with Crippen LogP contribution in [0.4, 0.5) is 5.69 Å². The van der Waals surface area contributed by atoms with Crippen LogP contribution in [0.2, 0.25) is 0 Å². The molecule has 0 aliphatic heterocycles. The second-order valence-corrected chi connectivity index (χ2v) is 5.81. The number of nitrogens with one attached hydrogen (secondary N) is 2. The molecular formula is C16H25N3O2. The molecule has 5 nitrogen and oxygen atoms in total. The molecule has 0 aliphatic carbocycles. The lowest BCUT2D eigenvalue weighted by Crippen LogP contribution is -2.46. The molecule has 0 aliphatic rings. The number of hydrogen-bond acceptors (Lipinski definition) is 3.